The van der Waals surface area contributed by atoms with E-state index in [4.69, 9.17) is 9.15 Å². The highest BCUT2D eigenvalue weighted by molar-refractivity contribution is 9.10. The molecule has 0 saturated heterocycles. The number of amides is 1. The highest BCUT2D eigenvalue weighted by atomic mass is 79.9. The average Bonchev–Trinajstić information content (AvgIpc) is 2.86. The fourth-order valence-corrected chi connectivity index (χ4v) is 2.63. The lowest BCUT2D eigenvalue weighted by molar-refractivity contribution is 0.0273. The summed E-state index contributed by atoms with van der Waals surface area (Å²) >= 11 is 3.17. The highest BCUT2D eigenvalue weighted by Crippen LogP contribution is 2.20. The number of rotatable bonds is 6. The second-order valence-electron chi connectivity index (χ2n) is 4.88. The maximum atomic E-state index is 11.7. The van der Waals surface area contributed by atoms with E-state index < -0.39 is 0 Å². The number of carbonyl (C=O) groups excluding carboxylic acids is 1. The number of nitrogens with one attached hydrogen (secondary N) is 1. The molecule has 0 atom stereocenters. The monoisotopic (exact) mass is 329 g/mol. The summed E-state index contributed by atoms with van der Waals surface area (Å²) in [6.45, 7) is 1.36. The predicted octanol–water partition coefficient (Wildman–Crippen LogP) is 3.51. The van der Waals surface area contributed by atoms with E-state index >= 15 is 0 Å². The zero-order chi connectivity index (χ0) is 13.5. The van der Waals surface area contributed by atoms with Gasteiger partial charge < -0.3 is 14.5 Å². The SMILES string of the molecule is O=C(NCCCOC1CCCCC1)c1coc(Br)c1. The highest BCUT2D eigenvalue weighted by Gasteiger charge is 2.13. The molecule has 1 amide bonds. The lowest BCUT2D eigenvalue weighted by Crippen LogP contribution is -2.25. The molecule has 106 valence electrons. The van der Waals surface area contributed by atoms with E-state index in [1.165, 1.54) is 38.4 Å². The van der Waals surface area contributed by atoms with Gasteiger partial charge in [-0.05, 0) is 35.2 Å². The lowest BCUT2D eigenvalue weighted by atomic mass is 9.98. The Hall–Kier alpha value is -0.810. The first-order valence-electron chi connectivity index (χ1n) is 6.89. The first-order chi connectivity index (χ1) is 9.25. The van der Waals surface area contributed by atoms with Crippen molar-refractivity contribution in [3.8, 4) is 0 Å². The van der Waals surface area contributed by atoms with E-state index in [0.717, 1.165) is 13.0 Å². The minimum Gasteiger partial charge on any atom is -0.457 e. The zero-order valence-corrected chi connectivity index (χ0v) is 12.6. The molecule has 0 unspecified atom stereocenters. The van der Waals surface area contributed by atoms with Crippen molar-refractivity contribution in [2.75, 3.05) is 13.2 Å². The molecule has 19 heavy (non-hydrogen) atoms. The van der Waals surface area contributed by atoms with Crippen LogP contribution < -0.4 is 5.32 Å². The van der Waals surface area contributed by atoms with E-state index in [1.54, 1.807) is 6.07 Å². The second kappa shape index (κ2) is 7.70. The van der Waals surface area contributed by atoms with Crippen LogP contribution in [0.4, 0.5) is 0 Å². The Labute approximate surface area is 122 Å². The zero-order valence-electron chi connectivity index (χ0n) is 11.0. The molecular formula is C14H20BrNO3. The average molecular weight is 330 g/mol. The number of carbonyl (C=O) groups is 1. The van der Waals surface area contributed by atoms with Crippen molar-refractivity contribution in [1.82, 2.24) is 5.32 Å². The summed E-state index contributed by atoms with van der Waals surface area (Å²) in [5.41, 5.74) is 0.542. The van der Waals surface area contributed by atoms with Gasteiger partial charge in [-0.1, -0.05) is 19.3 Å². The molecule has 0 aromatic carbocycles. The van der Waals surface area contributed by atoms with E-state index in [2.05, 4.69) is 21.2 Å². The molecule has 0 bridgehead atoms. The van der Waals surface area contributed by atoms with Crippen molar-refractivity contribution in [2.24, 2.45) is 0 Å². The van der Waals surface area contributed by atoms with Crippen LogP contribution in [0.3, 0.4) is 0 Å². The van der Waals surface area contributed by atoms with Gasteiger partial charge in [0, 0.05) is 19.2 Å². The van der Waals surface area contributed by atoms with Crippen molar-refractivity contribution >= 4 is 21.8 Å². The Morgan fingerprint density at radius 1 is 1.42 bits per heavy atom. The summed E-state index contributed by atoms with van der Waals surface area (Å²) in [5.74, 6) is -0.105. The number of ether oxygens (including phenoxy) is 1. The van der Waals surface area contributed by atoms with Gasteiger partial charge in [0.15, 0.2) is 4.67 Å². The van der Waals surface area contributed by atoms with Crippen molar-refractivity contribution < 1.29 is 13.9 Å². The molecular weight excluding hydrogens is 310 g/mol. The summed E-state index contributed by atoms with van der Waals surface area (Å²) in [7, 11) is 0. The molecule has 1 fully saturated rings. The third-order valence-electron chi connectivity index (χ3n) is 3.34. The number of halogens is 1. The van der Waals surface area contributed by atoms with Gasteiger partial charge in [0.05, 0.1) is 11.7 Å². The van der Waals surface area contributed by atoms with Crippen molar-refractivity contribution in [1.29, 1.82) is 0 Å². The summed E-state index contributed by atoms with van der Waals surface area (Å²) in [4.78, 5) is 11.7. The van der Waals surface area contributed by atoms with E-state index in [1.807, 2.05) is 0 Å². The molecule has 0 radical (unpaired) electrons. The molecule has 4 nitrogen and oxygen atoms in total. The fraction of sp³-hybridized carbons (Fsp3) is 0.643. The Morgan fingerprint density at radius 2 is 2.21 bits per heavy atom. The van der Waals surface area contributed by atoms with Gasteiger partial charge in [-0.15, -0.1) is 0 Å². The smallest absolute Gasteiger partial charge is 0.254 e. The van der Waals surface area contributed by atoms with Crippen LogP contribution in [0.15, 0.2) is 21.4 Å². The normalized spacial score (nSPS) is 16.5. The summed E-state index contributed by atoms with van der Waals surface area (Å²) in [5, 5.41) is 2.85. The molecule has 5 heteroatoms. The number of hydrogen-bond donors (Lipinski definition) is 1. The van der Waals surface area contributed by atoms with Gasteiger partial charge >= 0.3 is 0 Å². The molecule has 1 aromatic heterocycles. The topological polar surface area (TPSA) is 51.5 Å². The number of furan rings is 1. The van der Waals surface area contributed by atoms with Gasteiger partial charge in [-0.25, -0.2) is 0 Å². The Morgan fingerprint density at radius 3 is 2.89 bits per heavy atom. The fourth-order valence-electron chi connectivity index (χ4n) is 2.29. The maximum Gasteiger partial charge on any atom is 0.254 e. The van der Waals surface area contributed by atoms with Gasteiger partial charge in [-0.3, -0.25) is 4.79 Å². The maximum absolute atomic E-state index is 11.7. The molecule has 1 saturated carbocycles. The summed E-state index contributed by atoms with van der Waals surface area (Å²) in [6, 6.07) is 1.66. The van der Waals surface area contributed by atoms with Crippen LogP contribution in [-0.4, -0.2) is 25.2 Å². The molecule has 1 aromatic rings. The number of hydrogen-bond acceptors (Lipinski definition) is 3. The minimum absolute atomic E-state index is 0.105. The minimum atomic E-state index is -0.105. The molecule has 1 N–H and O–H groups in total. The van der Waals surface area contributed by atoms with Crippen molar-refractivity contribution in [2.45, 2.75) is 44.6 Å². The molecule has 2 rings (SSSR count). The Kier molecular flexibility index (Phi) is 5.92. The standard InChI is InChI=1S/C14H20BrNO3/c15-13-9-11(10-19-13)14(17)16-7-4-8-18-12-5-2-1-3-6-12/h9-10,12H,1-8H2,(H,16,17). The Balaban J connectivity index is 1.55. The van der Waals surface area contributed by atoms with Crippen molar-refractivity contribution in [3.63, 3.8) is 0 Å². The van der Waals surface area contributed by atoms with Crippen LogP contribution in [-0.2, 0) is 4.74 Å². The predicted molar refractivity (Wildman–Crippen MR) is 76.2 cm³/mol. The quantitative estimate of drug-likeness (QED) is 0.812. The molecule has 0 spiro atoms. The van der Waals surface area contributed by atoms with Crippen LogP contribution in [0.1, 0.15) is 48.9 Å². The molecule has 0 aliphatic heterocycles. The van der Waals surface area contributed by atoms with Crippen molar-refractivity contribution in [3.05, 3.63) is 22.6 Å². The Bertz CT molecular complexity index is 399. The molecule has 1 heterocycles. The van der Waals surface area contributed by atoms with Crippen LogP contribution >= 0.6 is 15.9 Å². The van der Waals surface area contributed by atoms with Gasteiger partial charge in [0.2, 0.25) is 0 Å². The first-order valence-corrected chi connectivity index (χ1v) is 7.69. The second-order valence-corrected chi connectivity index (χ2v) is 5.66. The van der Waals surface area contributed by atoms with Gasteiger partial charge in [0.1, 0.15) is 6.26 Å². The van der Waals surface area contributed by atoms with E-state index in [0.29, 0.717) is 22.9 Å². The van der Waals surface area contributed by atoms with Crippen LogP contribution in [0.2, 0.25) is 0 Å². The van der Waals surface area contributed by atoms with Gasteiger partial charge in [-0.2, -0.15) is 0 Å². The first kappa shape index (κ1) is 14.6. The third kappa shape index (κ3) is 4.99. The largest absolute Gasteiger partial charge is 0.457 e. The van der Waals surface area contributed by atoms with E-state index in [9.17, 15) is 4.79 Å². The van der Waals surface area contributed by atoms with E-state index in [-0.39, 0.29) is 5.91 Å². The molecule has 1 aliphatic rings. The third-order valence-corrected chi connectivity index (χ3v) is 3.76. The van der Waals surface area contributed by atoms with Crippen LogP contribution in [0.5, 0.6) is 0 Å². The molecule has 1 aliphatic carbocycles. The summed E-state index contributed by atoms with van der Waals surface area (Å²) in [6.07, 6.45) is 9.03. The van der Waals surface area contributed by atoms with Crippen LogP contribution in [0.25, 0.3) is 0 Å². The van der Waals surface area contributed by atoms with Crippen LogP contribution in [0, 0.1) is 0 Å². The summed E-state index contributed by atoms with van der Waals surface area (Å²) < 4.78 is 11.4. The van der Waals surface area contributed by atoms with Gasteiger partial charge in [0.25, 0.3) is 5.91 Å². The lowest BCUT2D eigenvalue weighted by Gasteiger charge is -2.21.